The van der Waals surface area contributed by atoms with E-state index in [1.165, 1.54) is 0 Å². The molecule has 0 heterocycles. The van der Waals surface area contributed by atoms with Crippen LogP contribution in [-0.2, 0) is 27.1 Å². The molecule has 0 spiro atoms. The molecule has 1 atom stereocenters. The van der Waals surface area contributed by atoms with Gasteiger partial charge in [0.15, 0.2) is 6.04 Å². The predicted octanol–water partition coefficient (Wildman–Crippen LogP) is 3.34. The summed E-state index contributed by atoms with van der Waals surface area (Å²) in [5.74, 6) is -2.37. The summed E-state index contributed by atoms with van der Waals surface area (Å²) >= 11 is 0. The number of benzene rings is 1. The van der Waals surface area contributed by atoms with Crippen LogP contribution in [0.4, 0.5) is 22.4 Å². The highest BCUT2D eigenvalue weighted by molar-refractivity contribution is 5.80. The number of carboxylic acids is 1. The highest BCUT2D eigenvalue weighted by Crippen LogP contribution is 2.30. The van der Waals surface area contributed by atoms with Crippen LogP contribution in [0.2, 0.25) is 0 Å². The van der Waals surface area contributed by atoms with E-state index >= 15 is 0 Å². The zero-order valence-corrected chi connectivity index (χ0v) is 14.3. The molecule has 0 bridgehead atoms. The maximum absolute atomic E-state index is 13.6. The van der Waals surface area contributed by atoms with Gasteiger partial charge in [-0.05, 0) is 39.0 Å². The maximum Gasteiger partial charge on any atom is 0.416 e. The van der Waals surface area contributed by atoms with E-state index in [0.29, 0.717) is 18.2 Å². The molecule has 0 aliphatic carbocycles. The maximum atomic E-state index is 13.6. The van der Waals surface area contributed by atoms with Crippen molar-refractivity contribution < 1.29 is 41.7 Å². The van der Waals surface area contributed by atoms with Crippen LogP contribution in [0.1, 0.15) is 31.9 Å². The summed E-state index contributed by atoms with van der Waals surface area (Å²) < 4.78 is 61.3. The van der Waals surface area contributed by atoms with Gasteiger partial charge in [0.05, 0.1) is 18.8 Å². The second kappa shape index (κ2) is 8.35. The lowest BCUT2D eigenvalue weighted by atomic mass is 10.1. The summed E-state index contributed by atoms with van der Waals surface area (Å²) in [5, 5.41) is 11.1. The number of amides is 1. The van der Waals surface area contributed by atoms with Crippen molar-refractivity contribution in [3.05, 3.63) is 35.1 Å². The van der Waals surface area contributed by atoms with Crippen LogP contribution >= 0.6 is 0 Å². The summed E-state index contributed by atoms with van der Waals surface area (Å²) in [6.07, 6.45) is -5.65. The normalized spacial score (nSPS) is 13.2. The molecule has 0 radical (unpaired) electrons. The highest BCUT2D eigenvalue weighted by Gasteiger charge is 2.31. The molecule has 1 aromatic carbocycles. The van der Waals surface area contributed by atoms with E-state index in [1.807, 2.05) is 0 Å². The van der Waals surface area contributed by atoms with Crippen molar-refractivity contribution in [2.75, 3.05) is 6.61 Å². The molecule has 146 valence electrons. The van der Waals surface area contributed by atoms with E-state index < -0.39 is 54.5 Å². The summed E-state index contributed by atoms with van der Waals surface area (Å²) in [4.78, 5) is 22.7. The molecule has 1 rings (SSSR count). The van der Waals surface area contributed by atoms with E-state index in [9.17, 15) is 27.2 Å². The van der Waals surface area contributed by atoms with Gasteiger partial charge in [-0.2, -0.15) is 13.2 Å². The largest absolute Gasteiger partial charge is 0.480 e. The number of halogens is 4. The number of carbonyl (C=O) groups is 2. The lowest BCUT2D eigenvalue weighted by molar-refractivity contribution is -0.141. The predicted molar refractivity (Wildman–Crippen MR) is 81.9 cm³/mol. The number of alkyl carbamates (subject to hydrolysis) is 1. The fourth-order valence-electron chi connectivity index (χ4n) is 1.77. The number of hydrogen-bond donors (Lipinski definition) is 2. The Morgan fingerprint density at radius 1 is 1.23 bits per heavy atom. The number of ether oxygens (including phenoxy) is 2. The van der Waals surface area contributed by atoms with Crippen LogP contribution in [-0.4, -0.2) is 35.4 Å². The zero-order chi connectivity index (χ0) is 20.1. The van der Waals surface area contributed by atoms with Gasteiger partial charge in [-0.15, -0.1) is 0 Å². The Morgan fingerprint density at radius 2 is 1.85 bits per heavy atom. The van der Waals surface area contributed by atoms with Crippen molar-refractivity contribution in [1.82, 2.24) is 5.32 Å². The first-order valence-electron chi connectivity index (χ1n) is 7.45. The molecule has 6 nitrogen and oxygen atoms in total. The molecule has 2 N–H and O–H groups in total. The number of hydrogen-bond acceptors (Lipinski definition) is 4. The van der Waals surface area contributed by atoms with Crippen molar-refractivity contribution in [2.45, 2.75) is 45.2 Å². The first kappa shape index (κ1) is 21.7. The molecule has 10 heteroatoms. The van der Waals surface area contributed by atoms with Gasteiger partial charge in [0.1, 0.15) is 11.4 Å². The molecule has 0 fully saturated rings. The van der Waals surface area contributed by atoms with Crippen LogP contribution in [0.3, 0.4) is 0 Å². The third kappa shape index (κ3) is 7.26. The number of carbonyl (C=O) groups excluding carboxylic acids is 1. The van der Waals surface area contributed by atoms with E-state index in [4.69, 9.17) is 14.6 Å². The molecule has 0 saturated heterocycles. The number of alkyl halides is 3. The van der Waals surface area contributed by atoms with Gasteiger partial charge in [0.2, 0.25) is 0 Å². The molecule has 1 aromatic rings. The Bertz CT molecular complexity index is 655. The topological polar surface area (TPSA) is 84.9 Å². The SMILES string of the molecule is CC(C)(C)OC(=O)NC(COCc1cc(C(F)(F)F)ccc1F)C(=O)O. The van der Waals surface area contributed by atoms with E-state index in [-0.39, 0.29) is 5.56 Å². The molecule has 0 saturated carbocycles. The summed E-state index contributed by atoms with van der Waals surface area (Å²) in [6, 6.07) is 0.295. The minimum atomic E-state index is -4.65. The molecule has 0 aliphatic rings. The molecule has 26 heavy (non-hydrogen) atoms. The Labute approximate surface area is 147 Å². The average molecular weight is 381 g/mol. The fourth-order valence-corrected chi connectivity index (χ4v) is 1.77. The van der Waals surface area contributed by atoms with Crippen molar-refractivity contribution in [1.29, 1.82) is 0 Å². The zero-order valence-electron chi connectivity index (χ0n) is 14.3. The van der Waals surface area contributed by atoms with Crippen molar-refractivity contribution in [3.8, 4) is 0 Å². The third-order valence-corrected chi connectivity index (χ3v) is 2.90. The van der Waals surface area contributed by atoms with Gasteiger partial charge >= 0.3 is 18.2 Å². The molecular weight excluding hydrogens is 362 g/mol. The molecule has 1 unspecified atom stereocenters. The van der Waals surface area contributed by atoms with Crippen LogP contribution in [0.25, 0.3) is 0 Å². The lowest BCUT2D eigenvalue weighted by Crippen LogP contribution is -2.46. The monoisotopic (exact) mass is 381 g/mol. The number of rotatable bonds is 6. The molecule has 0 aromatic heterocycles. The Morgan fingerprint density at radius 3 is 2.35 bits per heavy atom. The van der Waals surface area contributed by atoms with Crippen molar-refractivity contribution in [2.24, 2.45) is 0 Å². The number of nitrogens with one attached hydrogen (secondary N) is 1. The van der Waals surface area contributed by atoms with Crippen LogP contribution in [0, 0.1) is 5.82 Å². The smallest absolute Gasteiger partial charge is 0.416 e. The van der Waals surface area contributed by atoms with Crippen LogP contribution in [0.5, 0.6) is 0 Å². The fraction of sp³-hybridized carbons (Fsp3) is 0.500. The van der Waals surface area contributed by atoms with Gasteiger partial charge in [-0.25, -0.2) is 14.0 Å². The number of carboxylic acid groups (broad SMARTS) is 1. The summed E-state index contributed by atoms with van der Waals surface area (Å²) in [6.45, 7) is 3.54. The minimum absolute atomic E-state index is 0.388. The second-order valence-corrected chi connectivity index (χ2v) is 6.36. The van der Waals surface area contributed by atoms with Gasteiger partial charge in [0.25, 0.3) is 0 Å². The Kier molecular flexibility index (Phi) is 6.96. The lowest BCUT2D eigenvalue weighted by Gasteiger charge is -2.22. The minimum Gasteiger partial charge on any atom is -0.480 e. The van der Waals surface area contributed by atoms with Crippen molar-refractivity contribution >= 4 is 12.1 Å². The van der Waals surface area contributed by atoms with Gasteiger partial charge < -0.3 is 19.9 Å². The average Bonchev–Trinajstić information content (AvgIpc) is 2.44. The first-order valence-corrected chi connectivity index (χ1v) is 7.45. The molecule has 1 amide bonds. The van der Waals surface area contributed by atoms with E-state index in [1.54, 1.807) is 20.8 Å². The standard InChI is InChI=1S/C16H19F4NO5/c1-15(2,3)26-14(24)21-12(13(22)23)8-25-7-9-6-10(16(18,19)20)4-5-11(9)17/h4-6,12H,7-8H2,1-3H3,(H,21,24)(H,22,23). The Balaban J connectivity index is 2.69. The summed E-state index contributed by atoms with van der Waals surface area (Å²) in [5.41, 5.74) is -2.30. The quantitative estimate of drug-likeness (QED) is 0.739. The molecule has 0 aliphatic heterocycles. The van der Waals surface area contributed by atoms with E-state index in [2.05, 4.69) is 5.32 Å². The van der Waals surface area contributed by atoms with E-state index in [0.717, 1.165) is 0 Å². The first-order chi connectivity index (χ1) is 11.8. The van der Waals surface area contributed by atoms with Gasteiger partial charge in [-0.1, -0.05) is 0 Å². The second-order valence-electron chi connectivity index (χ2n) is 6.36. The van der Waals surface area contributed by atoms with Crippen molar-refractivity contribution in [3.63, 3.8) is 0 Å². The third-order valence-electron chi connectivity index (χ3n) is 2.90. The van der Waals surface area contributed by atoms with Crippen LogP contribution < -0.4 is 5.32 Å². The van der Waals surface area contributed by atoms with Gasteiger partial charge in [0, 0.05) is 5.56 Å². The highest BCUT2D eigenvalue weighted by atomic mass is 19.4. The van der Waals surface area contributed by atoms with Crippen LogP contribution in [0.15, 0.2) is 18.2 Å². The Hall–Kier alpha value is -2.36. The van der Waals surface area contributed by atoms with Gasteiger partial charge in [-0.3, -0.25) is 0 Å². The summed E-state index contributed by atoms with van der Waals surface area (Å²) in [7, 11) is 0. The molecular formula is C16H19F4NO5. The number of aliphatic carboxylic acids is 1.